The summed E-state index contributed by atoms with van der Waals surface area (Å²) in [6.07, 6.45) is 1.59. The number of aromatic amines is 1. The van der Waals surface area contributed by atoms with Gasteiger partial charge >= 0.3 is 0 Å². The molecule has 1 N–H and O–H groups in total. The second-order valence-corrected chi connectivity index (χ2v) is 2.81. The lowest BCUT2D eigenvalue weighted by atomic mass is 10.2. The van der Waals surface area contributed by atoms with Gasteiger partial charge in [0.15, 0.2) is 0 Å². The minimum atomic E-state index is -0.134. The topological polar surface area (TPSA) is 58.6 Å². The number of nitrogens with zero attached hydrogens (tertiary/aromatic N) is 2. The highest BCUT2D eigenvalue weighted by Crippen LogP contribution is 2.11. The zero-order valence-corrected chi connectivity index (χ0v) is 6.84. The van der Waals surface area contributed by atoms with Gasteiger partial charge in [0.05, 0.1) is 5.56 Å². The van der Waals surface area contributed by atoms with Crippen molar-refractivity contribution in [3.63, 3.8) is 0 Å². The van der Waals surface area contributed by atoms with Gasteiger partial charge in [-0.2, -0.15) is 0 Å². The van der Waals surface area contributed by atoms with Gasteiger partial charge in [-0.1, -0.05) is 4.49 Å². The van der Waals surface area contributed by atoms with Crippen LogP contribution >= 0.6 is 11.5 Å². The Morgan fingerprint density at radius 2 is 2.42 bits per heavy atom. The average molecular weight is 179 g/mol. The number of nitrogens with one attached hydrogen (secondary N) is 1. The largest absolute Gasteiger partial charge is 0.329 e. The van der Waals surface area contributed by atoms with Crippen molar-refractivity contribution in [3.05, 3.63) is 34.1 Å². The first-order valence-electron chi connectivity index (χ1n) is 3.33. The van der Waals surface area contributed by atoms with E-state index in [1.54, 1.807) is 23.7 Å². The lowest BCUT2D eigenvalue weighted by Crippen LogP contribution is -2.06. The van der Waals surface area contributed by atoms with E-state index in [0.29, 0.717) is 11.3 Å². The van der Waals surface area contributed by atoms with Crippen LogP contribution in [-0.4, -0.2) is 14.6 Å². The first-order chi connectivity index (χ1) is 5.88. The van der Waals surface area contributed by atoms with Gasteiger partial charge in [-0.3, -0.25) is 4.79 Å². The Bertz CT molecular complexity index is 420. The molecule has 0 aromatic carbocycles. The maximum absolute atomic E-state index is 11.2. The highest BCUT2D eigenvalue weighted by Gasteiger charge is 2.03. The van der Waals surface area contributed by atoms with E-state index in [1.165, 1.54) is 11.5 Å². The number of hydrogen-bond donors (Lipinski definition) is 1. The van der Waals surface area contributed by atoms with Crippen LogP contribution in [0.5, 0.6) is 0 Å². The van der Waals surface area contributed by atoms with Crippen LogP contribution in [0, 0.1) is 0 Å². The summed E-state index contributed by atoms with van der Waals surface area (Å²) >= 11 is 1.23. The predicted octanol–water partition coefficient (Wildman–Crippen LogP) is 0.893. The monoisotopic (exact) mass is 179 g/mol. The Balaban J connectivity index is 2.63. The molecule has 0 atom stereocenters. The lowest BCUT2D eigenvalue weighted by Gasteiger charge is -1.90. The molecule has 2 rings (SSSR count). The van der Waals surface area contributed by atoms with E-state index in [2.05, 4.69) is 14.6 Å². The molecule has 0 fully saturated rings. The molecule has 2 aromatic heterocycles. The Morgan fingerprint density at radius 3 is 3.08 bits per heavy atom. The first kappa shape index (κ1) is 7.17. The minimum Gasteiger partial charge on any atom is -0.329 e. The fourth-order valence-corrected chi connectivity index (χ4v) is 1.36. The third kappa shape index (κ3) is 1.14. The van der Waals surface area contributed by atoms with Crippen molar-refractivity contribution >= 4 is 11.5 Å². The Kier molecular flexibility index (Phi) is 1.71. The van der Waals surface area contributed by atoms with Crippen LogP contribution in [0.15, 0.2) is 28.5 Å². The van der Waals surface area contributed by atoms with Crippen LogP contribution in [0.2, 0.25) is 0 Å². The molecular formula is C7H5N3OS. The third-order valence-corrected chi connectivity index (χ3v) is 1.96. The van der Waals surface area contributed by atoms with E-state index in [-0.39, 0.29) is 5.56 Å². The van der Waals surface area contributed by atoms with Gasteiger partial charge in [0.25, 0.3) is 5.56 Å². The second kappa shape index (κ2) is 2.86. The van der Waals surface area contributed by atoms with Crippen molar-refractivity contribution in [2.75, 3.05) is 0 Å². The normalized spacial score (nSPS) is 10.0. The molecular weight excluding hydrogens is 174 g/mol. The summed E-state index contributed by atoms with van der Waals surface area (Å²) in [6.45, 7) is 0. The fraction of sp³-hybridized carbons (Fsp3) is 0. The third-order valence-electron chi connectivity index (χ3n) is 1.45. The lowest BCUT2D eigenvalue weighted by molar-refractivity contribution is 1.14. The molecule has 0 radical (unpaired) electrons. The average Bonchev–Trinajstić information content (AvgIpc) is 2.57. The van der Waals surface area contributed by atoms with E-state index < -0.39 is 0 Å². The number of rotatable bonds is 1. The van der Waals surface area contributed by atoms with Crippen molar-refractivity contribution in [1.29, 1.82) is 0 Å². The van der Waals surface area contributed by atoms with E-state index in [4.69, 9.17) is 0 Å². The highest BCUT2D eigenvalue weighted by atomic mass is 32.1. The molecule has 0 saturated heterocycles. The number of hydrogen-bond acceptors (Lipinski definition) is 4. The molecule has 2 heterocycles. The van der Waals surface area contributed by atoms with Crippen LogP contribution in [0.1, 0.15) is 0 Å². The summed E-state index contributed by atoms with van der Waals surface area (Å²) < 4.78 is 3.68. The van der Waals surface area contributed by atoms with E-state index in [1.807, 2.05) is 0 Å². The second-order valence-electron chi connectivity index (χ2n) is 2.20. The van der Waals surface area contributed by atoms with Crippen LogP contribution in [0.3, 0.4) is 0 Å². The fourth-order valence-electron chi connectivity index (χ4n) is 0.905. The summed E-state index contributed by atoms with van der Waals surface area (Å²) in [4.78, 5) is 13.8. The van der Waals surface area contributed by atoms with Crippen LogP contribution in [-0.2, 0) is 0 Å². The van der Waals surface area contributed by atoms with Gasteiger partial charge in [0.2, 0.25) is 0 Å². The number of pyridine rings is 1. The zero-order valence-electron chi connectivity index (χ0n) is 6.02. The summed E-state index contributed by atoms with van der Waals surface area (Å²) in [5.74, 6) is 0. The van der Waals surface area contributed by atoms with Crippen molar-refractivity contribution in [1.82, 2.24) is 14.6 Å². The van der Waals surface area contributed by atoms with E-state index in [9.17, 15) is 4.79 Å². The molecule has 60 valence electrons. The Morgan fingerprint density at radius 1 is 1.50 bits per heavy atom. The summed E-state index contributed by atoms with van der Waals surface area (Å²) in [7, 11) is 0. The van der Waals surface area contributed by atoms with Gasteiger partial charge in [-0.25, -0.2) is 0 Å². The standard InChI is InChI=1S/C7H5N3OS/c11-7-5(2-1-3-8-7)6-4-12-10-9-6/h1-4H,(H,8,11). The van der Waals surface area contributed by atoms with Gasteiger partial charge in [-0.15, -0.1) is 5.10 Å². The molecule has 0 aliphatic rings. The van der Waals surface area contributed by atoms with Crippen molar-refractivity contribution in [2.24, 2.45) is 0 Å². The van der Waals surface area contributed by atoms with Gasteiger partial charge < -0.3 is 4.98 Å². The highest BCUT2D eigenvalue weighted by molar-refractivity contribution is 7.03. The van der Waals surface area contributed by atoms with Gasteiger partial charge in [0.1, 0.15) is 5.69 Å². The van der Waals surface area contributed by atoms with Crippen LogP contribution in [0.25, 0.3) is 11.3 Å². The summed E-state index contributed by atoms with van der Waals surface area (Å²) in [5, 5.41) is 5.54. The molecule has 0 amide bonds. The molecule has 2 aromatic rings. The summed E-state index contributed by atoms with van der Waals surface area (Å²) in [6, 6.07) is 3.48. The quantitative estimate of drug-likeness (QED) is 0.707. The maximum Gasteiger partial charge on any atom is 0.257 e. The van der Waals surface area contributed by atoms with Crippen LogP contribution in [0.4, 0.5) is 0 Å². The van der Waals surface area contributed by atoms with Gasteiger partial charge in [0, 0.05) is 11.6 Å². The summed E-state index contributed by atoms with van der Waals surface area (Å²) in [5.41, 5.74) is 1.05. The molecule has 0 aliphatic carbocycles. The molecule has 0 aliphatic heterocycles. The molecule has 4 nitrogen and oxygen atoms in total. The molecule has 0 saturated carbocycles. The van der Waals surface area contributed by atoms with Crippen molar-refractivity contribution in [2.45, 2.75) is 0 Å². The van der Waals surface area contributed by atoms with Crippen molar-refractivity contribution < 1.29 is 0 Å². The molecule has 12 heavy (non-hydrogen) atoms. The SMILES string of the molecule is O=c1[nH]cccc1-c1csnn1. The number of H-pyrrole nitrogens is 1. The Labute approximate surface area is 72.1 Å². The van der Waals surface area contributed by atoms with Gasteiger partial charge in [-0.05, 0) is 23.7 Å². The zero-order chi connectivity index (χ0) is 8.39. The number of aromatic nitrogens is 3. The van der Waals surface area contributed by atoms with E-state index in [0.717, 1.165) is 0 Å². The molecule has 5 heteroatoms. The predicted molar refractivity (Wildman–Crippen MR) is 46.0 cm³/mol. The maximum atomic E-state index is 11.2. The molecule has 0 unspecified atom stereocenters. The Hall–Kier alpha value is -1.49. The molecule has 0 spiro atoms. The minimum absolute atomic E-state index is 0.134. The van der Waals surface area contributed by atoms with E-state index >= 15 is 0 Å². The van der Waals surface area contributed by atoms with Crippen LogP contribution < -0.4 is 5.56 Å². The molecule has 0 bridgehead atoms. The van der Waals surface area contributed by atoms with Crippen molar-refractivity contribution in [3.8, 4) is 11.3 Å². The smallest absolute Gasteiger partial charge is 0.257 e. The first-order valence-corrected chi connectivity index (χ1v) is 4.17.